The summed E-state index contributed by atoms with van der Waals surface area (Å²) in [6.45, 7) is 5.85. The molecule has 0 radical (unpaired) electrons. The molecule has 4 nitrogen and oxygen atoms in total. The molecule has 1 aliphatic heterocycles. The Morgan fingerprint density at radius 1 is 1.41 bits per heavy atom. The van der Waals surface area contributed by atoms with Crippen molar-refractivity contribution in [3.8, 4) is 0 Å². The van der Waals surface area contributed by atoms with Crippen LogP contribution in [0.4, 0.5) is 0 Å². The Labute approximate surface area is 105 Å². The number of rotatable bonds is 7. The summed E-state index contributed by atoms with van der Waals surface area (Å²) in [7, 11) is 2.00. The Morgan fingerprint density at radius 2 is 2.24 bits per heavy atom. The van der Waals surface area contributed by atoms with Crippen LogP contribution in [0.1, 0.15) is 39.0 Å². The predicted octanol–water partition coefficient (Wildman–Crippen LogP) is 0.977. The maximum Gasteiger partial charge on any atom is 0.221 e. The number of nitrogens with one attached hydrogen (secondary N) is 2. The number of amides is 1. The van der Waals surface area contributed by atoms with Gasteiger partial charge in [-0.05, 0) is 46.3 Å². The molecule has 0 saturated carbocycles. The number of hydrogen-bond donors (Lipinski definition) is 2. The fourth-order valence-electron chi connectivity index (χ4n) is 2.52. The van der Waals surface area contributed by atoms with Gasteiger partial charge in [0.05, 0.1) is 0 Å². The molecule has 1 atom stereocenters. The molecule has 1 amide bonds. The molecule has 1 unspecified atom stereocenters. The standard InChI is InChI=1S/C13H27N3O/c1-3-15-13(17)8-11-16-10-5-4-6-12(16)7-9-14-2/h12,14H,3-11H2,1-2H3,(H,15,17). The first-order valence-electron chi connectivity index (χ1n) is 6.93. The first kappa shape index (κ1) is 14.5. The first-order chi connectivity index (χ1) is 8.27. The maximum absolute atomic E-state index is 11.5. The number of nitrogens with zero attached hydrogens (tertiary/aromatic N) is 1. The summed E-state index contributed by atoms with van der Waals surface area (Å²) in [6, 6.07) is 0.672. The van der Waals surface area contributed by atoms with Crippen LogP contribution in [0.3, 0.4) is 0 Å². The Kier molecular flexibility index (Phi) is 7.21. The zero-order valence-electron chi connectivity index (χ0n) is 11.3. The van der Waals surface area contributed by atoms with Gasteiger partial charge in [-0.15, -0.1) is 0 Å². The van der Waals surface area contributed by atoms with Gasteiger partial charge < -0.3 is 10.6 Å². The third-order valence-corrected chi connectivity index (χ3v) is 3.48. The smallest absolute Gasteiger partial charge is 0.221 e. The number of carbonyl (C=O) groups is 1. The van der Waals surface area contributed by atoms with Crippen molar-refractivity contribution in [2.75, 3.05) is 33.2 Å². The van der Waals surface area contributed by atoms with E-state index in [1.807, 2.05) is 14.0 Å². The van der Waals surface area contributed by atoms with Crippen LogP contribution in [-0.4, -0.2) is 50.1 Å². The molecule has 0 aromatic heterocycles. The Hall–Kier alpha value is -0.610. The van der Waals surface area contributed by atoms with Crippen LogP contribution in [0, 0.1) is 0 Å². The Bertz CT molecular complexity index is 221. The molecule has 0 spiro atoms. The summed E-state index contributed by atoms with van der Waals surface area (Å²) < 4.78 is 0. The molecule has 4 heteroatoms. The van der Waals surface area contributed by atoms with E-state index in [2.05, 4.69) is 15.5 Å². The summed E-state index contributed by atoms with van der Waals surface area (Å²) in [5.74, 6) is 0.186. The highest BCUT2D eigenvalue weighted by molar-refractivity contribution is 5.75. The summed E-state index contributed by atoms with van der Waals surface area (Å²) in [6.07, 6.45) is 5.75. The molecule has 0 aromatic carbocycles. The van der Waals surface area contributed by atoms with Gasteiger partial charge >= 0.3 is 0 Å². The molecule has 1 fully saturated rings. The van der Waals surface area contributed by atoms with Crippen LogP contribution in [-0.2, 0) is 4.79 Å². The lowest BCUT2D eigenvalue weighted by atomic mass is 9.99. The Morgan fingerprint density at radius 3 is 2.94 bits per heavy atom. The SMILES string of the molecule is CCNC(=O)CCN1CCCCC1CCNC. The van der Waals surface area contributed by atoms with Crippen LogP contribution in [0.25, 0.3) is 0 Å². The highest BCUT2D eigenvalue weighted by atomic mass is 16.1. The average Bonchev–Trinajstić information content (AvgIpc) is 2.35. The molecule has 1 aliphatic rings. The highest BCUT2D eigenvalue weighted by Crippen LogP contribution is 2.19. The second kappa shape index (κ2) is 8.48. The molecule has 17 heavy (non-hydrogen) atoms. The average molecular weight is 241 g/mol. The molecular weight excluding hydrogens is 214 g/mol. The third kappa shape index (κ3) is 5.50. The minimum Gasteiger partial charge on any atom is -0.356 e. The molecule has 0 bridgehead atoms. The molecule has 2 N–H and O–H groups in total. The van der Waals surface area contributed by atoms with E-state index in [1.54, 1.807) is 0 Å². The van der Waals surface area contributed by atoms with Crippen molar-refractivity contribution in [3.05, 3.63) is 0 Å². The van der Waals surface area contributed by atoms with Gasteiger partial charge in [-0.1, -0.05) is 6.42 Å². The lowest BCUT2D eigenvalue weighted by molar-refractivity contribution is -0.121. The van der Waals surface area contributed by atoms with Crippen LogP contribution < -0.4 is 10.6 Å². The monoisotopic (exact) mass is 241 g/mol. The second-order valence-electron chi connectivity index (χ2n) is 4.78. The zero-order chi connectivity index (χ0) is 12.5. The summed E-state index contributed by atoms with van der Waals surface area (Å²) in [5.41, 5.74) is 0. The number of carbonyl (C=O) groups excluding carboxylic acids is 1. The van der Waals surface area contributed by atoms with Crippen LogP contribution in [0.15, 0.2) is 0 Å². The van der Waals surface area contributed by atoms with Gasteiger partial charge in [0.2, 0.25) is 5.91 Å². The van der Waals surface area contributed by atoms with E-state index in [0.717, 1.165) is 26.2 Å². The molecule has 1 heterocycles. The van der Waals surface area contributed by atoms with Crippen LogP contribution in [0.2, 0.25) is 0 Å². The summed E-state index contributed by atoms with van der Waals surface area (Å²) in [5, 5.41) is 6.08. The number of piperidine rings is 1. The largest absolute Gasteiger partial charge is 0.356 e. The molecule has 0 aromatic rings. The van der Waals surface area contributed by atoms with E-state index in [1.165, 1.54) is 25.7 Å². The van der Waals surface area contributed by atoms with Gasteiger partial charge in [0, 0.05) is 25.6 Å². The molecule has 1 rings (SSSR count). The summed E-state index contributed by atoms with van der Waals surface area (Å²) in [4.78, 5) is 14.0. The Balaban J connectivity index is 2.29. The lowest BCUT2D eigenvalue weighted by Crippen LogP contribution is -2.42. The third-order valence-electron chi connectivity index (χ3n) is 3.48. The van der Waals surface area contributed by atoms with Gasteiger partial charge in [-0.25, -0.2) is 0 Å². The number of likely N-dealkylation sites (tertiary alicyclic amines) is 1. The van der Waals surface area contributed by atoms with Crippen LogP contribution in [0.5, 0.6) is 0 Å². The fourth-order valence-corrected chi connectivity index (χ4v) is 2.52. The first-order valence-corrected chi connectivity index (χ1v) is 6.93. The van der Waals surface area contributed by atoms with Crippen molar-refractivity contribution in [2.24, 2.45) is 0 Å². The van der Waals surface area contributed by atoms with Gasteiger partial charge in [0.15, 0.2) is 0 Å². The van der Waals surface area contributed by atoms with E-state index in [9.17, 15) is 4.79 Å². The topological polar surface area (TPSA) is 44.4 Å². The highest BCUT2D eigenvalue weighted by Gasteiger charge is 2.21. The van der Waals surface area contributed by atoms with Crippen molar-refractivity contribution in [1.29, 1.82) is 0 Å². The van der Waals surface area contributed by atoms with E-state index < -0.39 is 0 Å². The quantitative estimate of drug-likeness (QED) is 0.698. The van der Waals surface area contributed by atoms with Crippen molar-refractivity contribution in [1.82, 2.24) is 15.5 Å². The second-order valence-corrected chi connectivity index (χ2v) is 4.78. The lowest BCUT2D eigenvalue weighted by Gasteiger charge is -2.35. The van der Waals surface area contributed by atoms with E-state index in [4.69, 9.17) is 0 Å². The van der Waals surface area contributed by atoms with Gasteiger partial charge in [-0.2, -0.15) is 0 Å². The molecule has 100 valence electrons. The van der Waals surface area contributed by atoms with Gasteiger partial charge in [0.25, 0.3) is 0 Å². The van der Waals surface area contributed by atoms with Crippen molar-refractivity contribution in [2.45, 2.75) is 45.1 Å². The maximum atomic E-state index is 11.5. The normalized spacial score (nSPS) is 21.4. The van der Waals surface area contributed by atoms with Gasteiger partial charge in [0.1, 0.15) is 0 Å². The minimum absolute atomic E-state index is 0.186. The predicted molar refractivity (Wildman–Crippen MR) is 71.1 cm³/mol. The minimum atomic E-state index is 0.186. The molecule has 0 aliphatic carbocycles. The zero-order valence-corrected chi connectivity index (χ0v) is 11.3. The van der Waals surface area contributed by atoms with Crippen molar-refractivity contribution >= 4 is 5.91 Å². The van der Waals surface area contributed by atoms with Crippen molar-refractivity contribution in [3.63, 3.8) is 0 Å². The van der Waals surface area contributed by atoms with E-state index in [0.29, 0.717) is 12.5 Å². The molecular formula is C13H27N3O. The van der Waals surface area contributed by atoms with E-state index in [-0.39, 0.29) is 5.91 Å². The van der Waals surface area contributed by atoms with E-state index >= 15 is 0 Å². The fraction of sp³-hybridized carbons (Fsp3) is 0.923. The summed E-state index contributed by atoms with van der Waals surface area (Å²) >= 11 is 0. The molecule has 1 saturated heterocycles. The number of hydrogen-bond acceptors (Lipinski definition) is 3. The van der Waals surface area contributed by atoms with Crippen molar-refractivity contribution < 1.29 is 4.79 Å². The van der Waals surface area contributed by atoms with Crippen LogP contribution >= 0.6 is 0 Å². The van der Waals surface area contributed by atoms with Gasteiger partial charge in [-0.3, -0.25) is 9.69 Å².